The minimum Gasteiger partial charge on any atom is -0.454 e. The molecule has 9 heteroatoms. The number of hydrogen-bond donors (Lipinski definition) is 0. The van der Waals surface area contributed by atoms with Crippen molar-refractivity contribution in [1.82, 2.24) is 24.3 Å². The number of Topliss-reactive ketones (excluding diaryl/α,β-unsaturated/α-hetero) is 1. The number of carbonyl (C=O) groups is 2. The van der Waals surface area contributed by atoms with Crippen molar-refractivity contribution in [2.75, 3.05) is 6.61 Å². The van der Waals surface area contributed by atoms with Crippen LogP contribution in [0.3, 0.4) is 0 Å². The number of esters is 1. The number of aromatic nitrogens is 5. The average molecular weight is 421 g/mol. The number of aryl methyl sites for hydroxylation is 2. The van der Waals surface area contributed by atoms with Gasteiger partial charge in [-0.25, -0.2) is 19.4 Å². The molecule has 0 atom stereocenters. The Kier molecular flexibility index (Phi) is 5.28. The summed E-state index contributed by atoms with van der Waals surface area (Å²) in [6, 6.07) is 8.52. The van der Waals surface area contributed by atoms with Crippen molar-refractivity contribution in [2.45, 2.75) is 20.8 Å². The second-order valence-electron chi connectivity index (χ2n) is 6.78. The van der Waals surface area contributed by atoms with E-state index < -0.39 is 5.97 Å². The quantitative estimate of drug-likeness (QED) is 0.350. The Morgan fingerprint density at radius 1 is 1.13 bits per heavy atom. The SMILES string of the molecule is Cc1csc(-n2c(C)cc(C(=O)COC(=O)c3ccc(-n4cncn4)cc3)c2C)n1. The first-order chi connectivity index (χ1) is 14.4. The highest BCUT2D eigenvalue weighted by Gasteiger charge is 2.19. The van der Waals surface area contributed by atoms with Gasteiger partial charge in [0.25, 0.3) is 0 Å². The monoisotopic (exact) mass is 421 g/mol. The van der Waals surface area contributed by atoms with Crippen LogP contribution in [0.15, 0.2) is 48.4 Å². The number of rotatable bonds is 6. The molecule has 0 saturated carbocycles. The maximum Gasteiger partial charge on any atom is 0.338 e. The minimum absolute atomic E-state index is 0.254. The van der Waals surface area contributed by atoms with Crippen molar-refractivity contribution in [2.24, 2.45) is 0 Å². The van der Waals surface area contributed by atoms with E-state index in [4.69, 9.17) is 4.74 Å². The van der Waals surface area contributed by atoms with Crippen LogP contribution >= 0.6 is 11.3 Å². The molecule has 0 aliphatic rings. The molecule has 0 amide bonds. The van der Waals surface area contributed by atoms with E-state index in [-0.39, 0.29) is 12.4 Å². The van der Waals surface area contributed by atoms with Crippen molar-refractivity contribution in [1.29, 1.82) is 0 Å². The highest BCUT2D eigenvalue weighted by atomic mass is 32.1. The summed E-state index contributed by atoms with van der Waals surface area (Å²) in [6.45, 7) is 5.38. The van der Waals surface area contributed by atoms with Crippen LogP contribution in [0.2, 0.25) is 0 Å². The normalized spacial score (nSPS) is 10.9. The van der Waals surface area contributed by atoms with E-state index in [0.29, 0.717) is 11.1 Å². The van der Waals surface area contributed by atoms with Gasteiger partial charge in [-0.3, -0.25) is 9.36 Å². The summed E-state index contributed by atoms with van der Waals surface area (Å²) in [6.07, 6.45) is 3.00. The Hall–Kier alpha value is -3.59. The lowest BCUT2D eigenvalue weighted by molar-refractivity contribution is 0.0474. The molecule has 0 saturated heterocycles. The standard InChI is InChI=1S/C21H19N5O3S/c1-13-10-30-21(24-13)26-14(2)8-18(15(26)3)19(27)9-29-20(28)16-4-6-17(7-5-16)25-12-22-11-23-25/h4-8,10-12H,9H2,1-3H3. The van der Waals surface area contributed by atoms with Gasteiger partial charge in [0.05, 0.1) is 16.9 Å². The van der Waals surface area contributed by atoms with Gasteiger partial charge < -0.3 is 4.74 Å². The largest absolute Gasteiger partial charge is 0.454 e. The molecule has 0 aliphatic heterocycles. The molecule has 4 aromatic rings. The Balaban J connectivity index is 1.44. The third kappa shape index (κ3) is 3.79. The van der Waals surface area contributed by atoms with Gasteiger partial charge in [-0.15, -0.1) is 11.3 Å². The lowest BCUT2D eigenvalue weighted by Crippen LogP contribution is -2.15. The molecule has 3 aromatic heterocycles. The van der Waals surface area contributed by atoms with Crippen LogP contribution < -0.4 is 0 Å². The minimum atomic E-state index is -0.558. The molecule has 0 fully saturated rings. The molecular formula is C21H19N5O3S. The van der Waals surface area contributed by atoms with E-state index in [1.807, 2.05) is 30.7 Å². The Morgan fingerprint density at radius 3 is 2.53 bits per heavy atom. The fourth-order valence-corrected chi connectivity index (χ4v) is 4.08. The number of nitrogens with zero attached hydrogens (tertiary/aromatic N) is 5. The van der Waals surface area contributed by atoms with Gasteiger partial charge in [0.1, 0.15) is 12.7 Å². The molecule has 0 N–H and O–H groups in total. The van der Waals surface area contributed by atoms with Gasteiger partial charge in [0, 0.05) is 22.3 Å². The first-order valence-electron chi connectivity index (χ1n) is 9.21. The highest BCUT2D eigenvalue weighted by molar-refractivity contribution is 7.12. The van der Waals surface area contributed by atoms with Crippen LogP contribution in [0, 0.1) is 20.8 Å². The van der Waals surface area contributed by atoms with E-state index in [9.17, 15) is 9.59 Å². The van der Waals surface area contributed by atoms with E-state index in [0.717, 1.165) is 27.9 Å². The lowest BCUT2D eigenvalue weighted by Gasteiger charge is -2.07. The third-order valence-corrected chi connectivity index (χ3v) is 5.59. The second-order valence-corrected chi connectivity index (χ2v) is 7.61. The van der Waals surface area contributed by atoms with Gasteiger partial charge in [0.15, 0.2) is 11.7 Å². The maximum atomic E-state index is 12.7. The van der Waals surface area contributed by atoms with Crippen LogP contribution in [0.4, 0.5) is 0 Å². The number of ether oxygens (including phenoxy) is 1. The zero-order chi connectivity index (χ0) is 21.3. The summed E-state index contributed by atoms with van der Waals surface area (Å²) in [5.74, 6) is -0.812. The molecule has 30 heavy (non-hydrogen) atoms. The van der Waals surface area contributed by atoms with E-state index in [1.54, 1.807) is 41.3 Å². The lowest BCUT2D eigenvalue weighted by atomic mass is 10.1. The van der Waals surface area contributed by atoms with E-state index >= 15 is 0 Å². The van der Waals surface area contributed by atoms with E-state index in [2.05, 4.69) is 15.1 Å². The molecule has 0 bridgehead atoms. The van der Waals surface area contributed by atoms with Crippen LogP contribution in [-0.4, -0.2) is 42.7 Å². The van der Waals surface area contributed by atoms with Crippen molar-refractivity contribution in [3.63, 3.8) is 0 Å². The molecule has 152 valence electrons. The Labute approximate surface area is 176 Å². The van der Waals surface area contributed by atoms with Gasteiger partial charge in [-0.2, -0.15) is 5.10 Å². The summed E-state index contributed by atoms with van der Waals surface area (Å²) < 4.78 is 8.77. The zero-order valence-corrected chi connectivity index (χ0v) is 17.5. The summed E-state index contributed by atoms with van der Waals surface area (Å²) in [4.78, 5) is 33.4. The van der Waals surface area contributed by atoms with E-state index in [1.165, 1.54) is 17.7 Å². The van der Waals surface area contributed by atoms with Crippen LogP contribution in [0.1, 0.15) is 37.8 Å². The van der Waals surface area contributed by atoms with Gasteiger partial charge in [-0.1, -0.05) is 0 Å². The number of benzene rings is 1. The second kappa shape index (κ2) is 8.03. The highest BCUT2D eigenvalue weighted by Crippen LogP contribution is 2.24. The first-order valence-corrected chi connectivity index (χ1v) is 10.1. The summed E-state index contributed by atoms with van der Waals surface area (Å²) >= 11 is 1.52. The van der Waals surface area contributed by atoms with Gasteiger partial charge in [-0.05, 0) is 51.1 Å². The summed E-state index contributed by atoms with van der Waals surface area (Å²) in [7, 11) is 0. The predicted octanol–water partition coefficient (Wildman–Crippen LogP) is 3.48. The van der Waals surface area contributed by atoms with Crippen molar-refractivity contribution < 1.29 is 14.3 Å². The van der Waals surface area contributed by atoms with Crippen molar-refractivity contribution in [3.8, 4) is 10.8 Å². The number of thiazole rings is 1. The molecule has 0 spiro atoms. The maximum absolute atomic E-state index is 12.7. The molecule has 4 rings (SSSR count). The topological polar surface area (TPSA) is 91.9 Å². The Bertz CT molecular complexity index is 1210. The molecule has 8 nitrogen and oxygen atoms in total. The number of ketones is 1. The fraction of sp³-hybridized carbons (Fsp3) is 0.190. The molecule has 1 aromatic carbocycles. The summed E-state index contributed by atoms with van der Waals surface area (Å²) in [5.41, 5.74) is 4.26. The average Bonchev–Trinajstić information content (AvgIpc) is 3.47. The van der Waals surface area contributed by atoms with Crippen LogP contribution in [-0.2, 0) is 4.74 Å². The number of hydrogen-bond acceptors (Lipinski definition) is 7. The third-order valence-electron chi connectivity index (χ3n) is 4.65. The molecule has 0 unspecified atom stereocenters. The van der Waals surface area contributed by atoms with Crippen LogP contribution in [0.5, 0.6) is 0 Å². The molecular weight excluding hydrogens is 402 g/mol. The number of carbonyl (C=O) groups excluding carboxylic acids is 2. The summed E-state index contributed by atoms with van der Waals surface area (Å²) in [5, 5.41) is 6.81. The predicted molar refractivity (Wildman–Crippen MR) is 112 cm³/mol. The van der Waals surface area contributed by atoms with Crippen molar-refractivity contribution in [3.05, 3.63) is 76.6 Å². The Morgan fingerprint density at radius 2 is 1.90 bits per heavy atom. The van der Waals surface area contributed by atoms with Crippen molar-refractivity contribution >= 4 is 23.1 Å². The van der Waals surface area contributed by atoms with Crippen LogP contribution in [0.25, 0.3) is 10.8 Å². The van der Waals surface area contributed by atoms with Gasteiger partial charge in [0.2, 0.25) is 5.78 Å². The zero-order valence-electron chi connectivity index (χ0n) is 16.7. The molecule has 0 radical (unpaired) electrons. The smallest absolute Gasteiger partial charge is 0.338 e. The van der Waals surface area contributed by atoms with Gasteiger partial charge >= 0.3 is 5.97 Å². The molecule has 3 heterocycles. The molecule has 0 aliphatic carbocycles. The first kappa shape index (κ1) is 19.7. The fourth-order valence-electron chi connectivity index (χ4n) is 3.17.